The van der Waals surface area contributed by atoms with Crippen LogP contribution in [0.15, 0.2) is 24.3 Å². The molecular formula is C18H25N3O3. The molecule has 1 aromatic rings. The molecule has 2 aliphatic rings. The molecule has 2 fully saturated rings. The second-order valence-electron chi connectivity index (χ2n) is 6.41. The Morgan fingerprint density at radius 3 is 2.88 bits per heavy atom. The number of benzene rings is 1. The van der Waals surface area contributed by atoms with Gasteiger partial charge in [0.15, 0.2) is 6.61 Å². The molecule has 24 heavy (non-hydrogen) atoms. The molecule has 0 radical (unpaired) electrons. The van der Waals surface area contributed by atoms with Crippen LogP contribution in [-0.2, 0) is 9.59 Å². The summed E-state index contributed by atoms with van der Waals surface area (Å²) in [5.41, 5.74) is 6.60. The molecule has 0 aliphatic carbocycles. The zero-order chi connectivity index (χ0) is 16.9. The predicted octanol–water partition coefficient (Wildman–Crippen LogP) is 1.53. The van der Waals surface area contributed by atoms with Gasteiger partial charge in [0, 0.05) is 43.9 Å². The lowest BCUT2D eigenvalue weighted by Crippen LogP contribution is -2.49. The Morgan fingerprint density at radius 1 is 1.25 bits per heavy atom. The van der Waals surface area contributed by atoms with Crippen LogP contribution in [0.5, 0.6) is 5.75 Å². The number of rotatable bonds is 5. The number of carbonyl (C=O) groups is 2. The second-order valence-corrected chi connectivity index (χ2v) is 6.41. The highest BCUT2D eigenvalue weighted by Crippen LogP contribution is 2.25. The smallest absolute Gasteiger partial charge is 0.260 e. The molecule has 3 rings (SSSR count). The van der Waals surface area contributed by atoms with Crippen molar-refractivity contribution in [1.82, 2.24) is 4.90 Å². The Kier molecular flexibility index (Phi) is 5.35. The van der Waals surface area contributed by atoms with E-state index in [1.54, 1.807) is 4.90 Å². The van der Waals surface area contributed by atoms with Gasteiger partial charge < -0.3 is 20.3 Å². The number of anilines is 1. The third kappa shape index (κ3) is 3.70. The van der Waals surface area contributed by atoms with Crippen molar-refractivity contribution in [2.45, 2.75) is 38.1 Å². The maximum atomic E-state index is 12.4. The van der Waals surface area contributed by atoms with Crippen molar-refractivity contribution in [3.8, 4) is 5.75 Å². The van der Waals surface area contributed by atoms with Crippen LogP contribution in [0.4, 0.5) is 5.69 Å². The van der Waals surface area contributed by atoms with E-state index in [2.05, 4.69) is 0 Å². The lowest BCUT2D eigenvalue weighted by atomic mass is 10.0. The van der Waals surface area contributed by atoms with E-state index in [1.807, 2.05) is 29.2 Å². The molecule has 6 heteroatoms. The molecular weight excluding hydrogens is 306 g/mol. The van der Waals surface area contributed by atoms with E-state index in [4.69, 9.17) is 10.5 Å². The first-order valence-electron chi connectivity index (χ1n) is 8.72. The average molecular weight is 331 g/mol. The van der Waals surface area contributed by atoms with Gasteiger partial charge in [-0.3, -0.25) is 9.59 Å². The number of amides is 2. The zero-order valence-corrected chi connectivity index (χ0v) is 13.9. The number of hydrogen-bond donors (Lipinski definition) is 1. The van der Waals surface area contributed by atoms with Crippen molar-refractivity contribution in [1.29, 1.82) is 0 Å². The lowest BCUT2D eigenvalue weighted by molar-refractivity contribution is -0.136. The molecule has 0 spiro atoms. The van der Waals surface area contributed by atoms with Crippen LogP contribution in [0.25, 0.3) is 0 Å². The van der Waals surface area contributed by atoms with Gasteiger partial charge in [-0.25, -0.2) is 0 Å². The molecule has 6 nitrogen and oxygen atoms in total. The largest absolute Gasteiger partial charge is 0.484 e. The molecule has 2 heterocycles. The maximum absolute atomic E-state index is 12.4. The van der Waals surface area contributed by atoms with Gasteiger partial charge in [-0.1, -0.05) is 6.07 Å². The predicted molar refractivity (Wildman–Crippen MR) is 91.9 cm³/mol. The zero-order valence-electron chi connectivity index (χ0n) is 13.9. The molecule has 2 N–H and O–H groups in total. The van der Waals surface area contributed by atoms with Gasteiger partial charge in [0.05, 0.1) is 0 Å². The quantitative estimate of drug-likeness (QED) is 0.888. The van der Waals surface area contributed by atoms with Crippen LogP contribution in [0, 0.1) is 0 Å². The van der Waals surface area contributed by atoms with Crippen LogP contribution >= 0.6 is 0 Å². The standard InChI is InChI=1S/C18H25N3O3/c19-12-15-5-1-2-9-21(15)18(23)13-24-16-7-3-6-14(11-16)20-10-4-8-17(20)22/h3,6-7,11,15H,1-2,4-5,8-10,12-13,19H2. The molecule has 2 amide bonds. The Labute approximate surface area is 142 Å². The highest BCUT2D eigenvalue weighted by molar-refractivity contribution is 5.95. The van der Waals surface area contributed by atoms with Crippen molar-refractivity contribution in [3.05, 3.63) is 24.3 Å². The van der Waals surface area contributed by atoms with E-state index in [0.29, 0.717) is 18.7 Å². The van der Waals surface area contributed by atoms with E-state index >= 15 is 0 Å². The van der Waals surface area contributed by atoms with E-state index in [1.165, 1.54) is 0 Å². The first kappa shape index (κ1) is 16.8. The van der Waals surface area contributed by atoms with E-state index < -0.39 is 0 Å². The van der Waals surface area contributed by atoms with Crippen molar-refractivity contribution >= 4 is 17.5 Å². The molecule has 130 valence electrons. The first-order valence-corrected chi connectivity index (χ1v) is 8.72. The lowest BCUT2D eigenvalue weighted by Gasteiger charge is -2.34. The van der Waals surface area contributed by atoms with Crippen LogP contribution in [0.2, 0.25) is 0 Å². The van der Waals surface area contributed by atoms with Gasteiger partial charge in [0.25, 0.3) is 5.91 Å². The van der Waals surface area contributed by atoms with Gasteiger partial charge in [-0.15, -0.1) is 0 Å². The summed E-state index contributed by atoms with van der Waals surface area (Å²) >= 11 is 0. The minimum Gasteiger partial charge on any atom is -0.484 e. The summed E-state index contributed by atoms with van der Waals surface area (Å²) in [6.07, 6.45) is 4.60. The number of likely N-dealkylation sites (tertiary alicyclic amines) is 1. The Morgan fingerprint density at radius 2 is 2.12 bits per heavy atom. The first-order chi connectivity index (χ1) is 11.7. The van der Waals surface area contributed by atoms with Crippen molar-refractivity contribution < 1.29 is 14.3 Å². The molecule has 0 aromatic heterocycles. The van der Waals surface area contributed by atoms with Crippen LogP contribution in [-0.4, -0.2) is 49.0 Å². The summed E-state index contributed by atoms with van der Waals surface area (Å²) in [6.45, 7) is 2.01. The highest BCUT2D eigenvalue weighted by Gasteiger charge is 2.26. The van der Waals surface area contributed by atoms with Crippen molar-refractivity contribution in [3.63, 3.8) is 0 Å². The summed E-state index contributed by atoms with van der Waals surface area (Å²) in [6, 6.07) is 7.52. The minimum absolute atomic E-state index is 0.00784. The van der Waals surface area contributed by atoms with E-state index in [-0.39, 0.29) is 24.5 Å². The fraction of sp³-hybridized carbons (Fsp3) is 0.556. The van der Waals surface area contributed by atoms with Gasteiger partial charge in [0.1, 0.15) is 5.75 Å². The van der Waals surface area contributed by atoms with Crippen LogP contribution in [0.1, 0.15) is 32.1 Å². The van der Waals surface area contributed by atoms with Gasteiger partial charge in [0.2, 0.25) is 5.91 Å². The third-order valence-corrected chi connectivity index (χ3v) is 4.78. The highest BCUT2D eigenvalue weighted by atomic mass is 16.5. The number of piperidine rings is 1. The summed E-state index contributed by atoms with van der Waals surface area (Å²) in [7, 11) is 0. The molecule has 0 saturated carbocycles. The minimum atomic E-state index is -0.0206. The van der Waals surface area contributed by atoms with Crippen LogP contribution < -0.4 is 15.4 Å². The fourth-order valence-electron chi connectivity index (χ4n) is 3.46. The fourth-order valence-corrected chi connectivity index (χ4v) is 3.46. The number of carbonyl (C=O) groups excluding carboxylic acids is 2. The molecule has 1 aromatic carbocycles. The monoisotopic (exact) mass is 331 g/mol. The van der Waals surface area contributed by atoms with E-state index in [0.717, 1.165) is 44.5 Å². The molecule has 2 aliphatic heterocycles. The second kappa shape index (κ2) is 7.66. The summed E-state index contributed by atoms with van der Waals surface area (Å²) < 4.78 is 5.68. The normalized spacial score (nSPS) is 21.2. The Hall–Kier alpha value is -2.08. The number of hydrogen-bond acceptors (Lipinski definition) is 4. The van der Waals surface area contributed by atoms with Crippen molar-refractivity contribution in [2.75, 3.05) is 31.1 Å². The SMILES string of the molecule is NCC1CCCCN1C(=O)COc1cccc(N2CCCC2=O)c1. The summed E-state index contributed by atoms with van der Waals surface area (Å²) in [4.78, 5) is 27.9. The number of ether oxygens (including phenoxy) is 1. The molecule has 1 unspecified atom stereocenters. The molecule has 1 atom stereocenters. The van der Waals surface area contributed by atoms with Crippen molar-refractivity contribution in [2.24, 2.45) is 5.73 Å². The third-order valence-electron chi connectivity index (χ3n) is 4.78. The van der Waals surface area contributed by atoms with Gasteiger partial charge >= 0.3 is 0 Å². The Bertz CT molecular complexity index is 605. The Balaban J connectivity index is 1.60. The average Bonchev–Trinajstić information content (AvgIpc) is 3.06. The van der Waals surface area contributed by atoms with E-state index in [9.17, 15) is 9.59 Å². The van der Waals surface area contributed by atoms with Gasteiger partial charge in [-0.05, 0) is 37.8 Å². The number of nitrogens with two attached hydrogens (primary N) is 1. The van der Waals surface area contributed by atoms with Crippen LogP contribution in [0.3, 0.4) is 0 Å². The maximum Gasteiger partial charge on any atom is 0.260 e. The summed E-state index contributed by atoms with van der Waals surface area (Å²) in [5, 5.41) is 0. The van der Waals surface area contributed by atoms with Gasteiger partial charge in [-0.2, -0.15) is 0 Å². The topological polar surface area (TPSA) is 75.9 Å². The number of nitrogens with zero attached hydrogens (tertiary/aromatic N) is 2. The molecule has 0 bridgehead atoms. The summed E-state index contributed by atoms with van der Waals surface area (Å²) in [5.74, 6) is 0.733. The molecule has 2 saturated heterocycles.